The SMILES string of the molecule is CC(C)(C)C1=CC2(C=C(C(C)(C)C)C1=O)Nc1cc(Br)ccc1O[C@H]2c1ccccc1. The molecule has 0 saturated carbocycles. The van der Waals surface area contributed by atoms with Crippen LogP contribution in [0, 0.1) is 10.8 Å². The molecule has 0 radical (unpaired) electrons. The lowest BCUT2D eigenvalue weighted by atomic mass is 9.67. The molecule has 31 heavy (non-hydrogen) atoms. The van der Waals surface area contributed by atoms with E-state index in [2.05, 4.69) is 87.1 Å². The molecule has 1 aliphatic heterocycles. The summed E-state index contributed by atoms with van der Waals surface area (Å²) in [5.74, 6) is 0.926. The topological polar surface area (TPSA) is 38.3 Å². The number of hydrogen-bond acceptors (Lipinski definition) is 3. The van der Waals surface area contributed by atoms with Crippen LogP contribution in [0.2, 0.25) is 0 Å². The van der Waals surface area contributed by atoms with Crippen LogP contribution < -0.4 is 10.1 Å². The minimum absolute atomic E-state index is 0.124. The molecular formula is C27H30BrNO2. The van der Waals surface area contributed by atoms with Crippen LogP contribution in [-0.2, 0) is 4.79 Å². The lowest BCUT2D eigenvalue weighted by Gasteiger charge is -2.47. The van der Waals surface area contributed by atoms with Gasteiger partial charge in [0.15, 0.2) is 11.9 Å². The number of carbonyl (C=O) groups excluding carboxylic acids is 1. The van der Waals surface area contributed by atoms with Crippen molar-refractivity contribution in [2.75, 3.05) is 5.32 Å². The molecule has 0 unspecified atom stereocenters. The van der Waals surface area contributed by atoms with E-state index in [1.807, 2.05) is 36.4 Å². The van der Waals surface area contributed by atoms with E-state index in [0.29, 0.717) is 0 Å². The Balaban J connectivity index is 2.01. The molecule has 0 aromatic heterocycles. The van der Waals surface area contributed by atoms with E-state index in [4.69, 9.17) is 4.74 Å². The van der Waals surface area contributed by atoms with E-state index in [1.165, 1.54) is 0 Å². The molecule has 162 valence electrons. The number of anilines is 1. The van der Waals surface area contributed by atoms with Gasteiger partial charge in [0.05, 0.1) is 5.69 Å². The Hall–Kier alpha value is -2.33. The average molecular weight is 480 g/mol. The number of ketones is 1. The summed E-state index contributed by atoms with van der Waals surface area (Å²) < 4.78 is 7.61. The largest absolute Gasteiger partial charge is 0.480 e. The van der Waals surface area contributed by atoms with Crippen molar-refractivity contribution in [3.05, 3.63) is 81.9 Å². The van der Waals surface area contributed by atoms with Gasteiger partial charge in [0.2, 0.25) is 0 Å². The molecule has 1 N–H and O–H groups in total. The molecule has 1 aliphatic carbocycles. The van der Waals surface area contributed by atoms with Gasteiger partial charge in [0, 0.05) is 15.6 Å². The molecule has 0 fully saturated rings. The van der Waals surface area contributed by atoms with E-state index in [9.17, 15) is 4.79 Å². The third kappa shape index (κ3) is 3.98. The molecule has 3 nitrogen and oxygen atoms in total. The Bertz CT molecular complexity index is 1050. The summed E-state index contributed by atoms with van der Waals surface area (Å²) in [7, 11) is 0. The lowest BCUT2D eigenvalue weighted by Crippen LogP contribution is -2.50. The van der Waals surface area contributed by atoms with Crippen molar-refractivity contribution in [2.45, 2.75) is 53.2 Å². The fourth-order valence-corrected chi connectivity index (χ4v) is 4.69. The summed E-state index contributed by atoms with van der Waals surface area (Å²) in [6.07, 6.45) is 3.89. The highest BCUT2D eigenvalue weighted by Crippen LogP contribution is 2.50. The van der Waals surface area contributed by atoms with Gasteiger partial charge in [-0.05, 0) is 46.7 Å². The van der Waals surface area contributed by atoms with Crippen LogP contribution in [0.3, 0.4) is 0 Å². The number of halogens is 1. The first-order valence-corrected chi connectivity index (χ1v) is 11.5. The zero-order valence-electron chi connectivity index (χ0n) is 19.0. The number of Topliss-reactive ketones (excluding diaryl/α,β-unsaturated/α-hetero) is 1. The predicted octanol–water partition coefficient (Wildman–Crippen LogP) is 7.26. The van der Waals surface area contributed by atoms with Gasteiger partial charge in [-0.3, -0.25) is 4.79 Å². The highest BCUT2D eigenvalue weighted by atomic mass is 79.9. The van der Waals surface area contributed by atoms with Gasteiger partial charge >= 0.3 is 0 Å². The van der Waals surface area contributed by atoms with Crippen LogP contribution in [0.15, 0.2) is 76.3 Å². The van der Waals surface area contributed by atoms with Crippen LogP contribution in [0.1, 0.15) is 53.2 Å². The molecule has 0 amide bonds. The van der Waals surface area contributed by atoms with Crippen LogP contribution >= 0.6 is 15.9 Å². The molecule has 2 aliphatic rings. The molecule has 1 atom stereocenters. The van der Waals surface area contributed by atoms with E-state index < -0.39 is 5.54 Å². The Kier molecular flexibility index (Phi) is 5.20. The Labute approximate surface area is 193 Å². The first-order chi connectivity index (χ1) is 14.4. The predicted molar refractivity (Wildman–Crippen MR) is 130 cm³/mol. The average Bonchev–Trinajstić information content (AvgIpc) is 2.68. The van der Waals surface area contributed by atoms with E-state index in [-0.39, 0.29) is 22.7 Å². The number of benzene rings is 2. The number of rotatable bonds is 1. The molecule has 1 spiro atoms. The molecular weight excluding hydrogens is 450 g/mol. The molecule has 1 heterocycles. The lowest BCUT2D eigenvalue weighted by molar-refractivity contribution is -0.114. The van der Waals surface area contributed by atoms with Crippen molar-refractivity contribution < 1.29 is 9.53 Å². The highest BCUT2D eigenvalue weighted by Gasteiger charge is 2.48. The number of hydrogen-bond donors (Lipinski definition) is 1. The van der Waals surface area contributed by atoms with Crippen LogP contribution in [0.25, 0.3) is 0 Å². The summed E-state index contributed by atoms with van der Waals surface area (Å²) in [4.78, 5) is 13.6. The second kappa shape index (κ2) is 7.37. The molecule has 0 bridgehead atoms. The summed E-state index contributed by atoms with van der Waals surface area (Å²) in [6, 6.07) is 16.2. The van der Waals surface area contributed by atoms with Gasteiger partial charge in [-0.15, -0.1) is 0 Å². The summed E-state index contributed by atoms with van der Waals surface area (Å²) in [5, 5.41) is 3.77. The van der Waals surface area contributed by atoms with E-state index in [1.54, 1.807) is 0 Å². The van der Waals surface area contributed by atoms with Gasteiger partial charge in [-0.2, -0.15) is 0 Å². The molecule has 2 aromatic carbocycles. The minimum atomic E-state index is -0.686. The van der Waals surface area contributed by atoms with Crippen LogP contribution in [-0.4, -0.2) is 11.3 Å². The Morgan fingerprint density at radius 3 is 2.03 bits per heavy atom. The second-order valence-electron chi connectivity index (χ2n) is 10.6. The third-order valence-corrected chi connectivity index (χ3v) is 6.44. The van der Waals surface area contributed by atoms with Crippen molar-refractivity contribution in [2.24, 2.45) is 10.8 Å². The van der Waals surface area contributed by atoms with Crippen molar-refractivity contribution in [3.8, 4) is 5.75 Å². The Morgan fingerprint density at radius 1 is 0.903 bits per heavy atom. The summed E-state index contributed by atoms with van der Waals surface area (Å²) in [5.41, 5.74) is 2.32. The second-order valence-corrected chi connectivity index (χ2v) is 11.5. The molecule has 2 aromatic rings. The van der Waals surface area contributed by atoms with Gasteiger partial charge < -0.3 is 10.1 Å². The molecule has 4 heteroatoms. The number of carbonyl (C=O) groups is 1. The number of allylic oxidation sites excluding steroid dienone is 2. The van der Waals surface area contributed by atoms with Crippen LogP contribution in [0.5, 0.6) is 5.75 Å². The van der Waals surface area contributed by atoms with Gasteiger partial charge in [-0.25, -0.2) is 0 Å². The fraction of sp³-hybridized carbons (Fsp3) is 0.370. The minimum Gasteiger partial charge on any atom is -0.480 e. The van der Waals surface area contributed by atoms with Crippen molar-refractivity contribution >= 4 is 27.4 Å². The standard InChI is InChI=1S/C27H30BrNO2/c1-25(2,3)19-15-27(16-20(23(19)30)26(4,5)6)24(17-10-8-7-9-11-17)31-22-13-12-18(28)14-21(22)29-27/h7-16,24,29H,1-6H3/t24-/m0/s1. The van der Waals surface area contributed by atoms with Crippen molar-refractivity contribution in [1.29, 1.82) is 0 Å². The highest BCUT2D eigenvalue weighted by molar-refractivity contribution is 9.10. The third-order valence-electron chi connectivity index (χ3n) is 5.95. The zero-order valence-corrected chi connectivity index (χ0v) is 20.6. The van der Waals surface area contributed by atoms with E-state index in [0.717, 1.165) is 32.6 Å². The smallest absolute Gasteiger partial charge is 0.185 e. The monoisotopic (exact) mass is 479 g/mol. The maximum atomic E-state index is 13.6. The number of fused-ring (bicyclic) bond motifs is 1. The maximum absolute atomic E-state index is 13.6. The quantitative estimate of drug-likeness (QED) is 0.467. The molecule has 0 saturated heterocycles. The fourth-order valence-electron chi connectivity index (χ4n) is 4.33. The van der Waals surface area contributed by atoms with Crippen molar-refractivity contribution in [1.82, 2.24) is 0 Å². The Morgan fingerprint density at radius 2 is 1.48 bits per heavy atom. The summed E-state index contributed by atoms with van der Waals surface area (Å²) >= 11 is 3.58. The zero-order chi connectivity index (χ0) is 22.6. The number of nitrogens with one attached hydrogen (secondary N) is 1. The first-order valence-electron chi connectivity index (χ1n) is 10.7. The molecule has 4 rings (SSSR count). The van der Waals surface area contributed by atoms with Crippen molar-refractivity contribution in [3.63, 3.8) is 0 Å². The first kappa shape index (κ1) is 21.9. The maximum Gasteiger partial charge on any atom is 0.185 e. The summed E-state index contributed by atoms with van der Waals surface area (Å²) in [6.45, 7) is 12.6. The van der Waals surface area contributed by atoms with Gasteiger partial charge in [0.1, 0.15) is 11.3 Å². The van der Waals surface area contributed by atoms with E-state index >= 15 is 0 Å². The van der Waals surface area contributed by atoms with Gasteiger partial charge in [-0.1, -0.05) is 87.8 Å². The number of ether oxygens (including phenoxy) is 1. The van der Waals surface area contributed by atoms with Crippen LogP contribution in [0.4, 0.5) is 5.69 Å². The normalized spacial score (nSPS) is 20.4. The van der Waals surface area contributed by atoms with Gasteiger partial charge in [0.25, 0.3) is 0 Å².